The summed E-state index contributed by atoms with van der Waals surface area (Å²) in [4.78, 5) is 0. The van der Waals surface area contributed by atoms with Gasteiger partial charge in [0, 0.05) is 0 Å². The number of aromatic nitrogens is 3. The lowest BCUT2D eigenvalue weighted by Crippen LogP contribution is -2.02. The van der Waals surface area contributed by atoms with Gasteiger partial charge >= 0.3 is 6.61 Å². The van der Waals surface area contributed by atoms with Crippen molar-refractivity contribution in [3.8, 4) is 11.4 Å². The second-order valence-electron chi connectivity index (χ2n) is 3.92. The van der Waals surface area contributed by atoms with Crippen LogP contribution in [-0.2, 0) is 6.42 Å². The first-order chi connectivity index (χ1) is 9.19. The Balaban J connectivity index is 2.07. The normalized spacial score (nSPS) is 10.9. The highest BCUT2D eigenvalue weighted by atomic mass is 19.3. The van der Waals surface area contributed by atoms with Gasteiger partial charge in [0.1, 0.15) is 5.75 Å². The quantitative estimate of drug-likeness (QED) is 0.867. The van der Waals surface area contributed by atoms with Crippen LogP contribution in [0.5, 0.6) is 5.75 Å². The molecule has 2 N–H and O–H groups in total. The summed E-state index contributed by atoms with van der Waals surface area (Å²) in [7, 11) is 0. The van der Waals surface area contributed by atoms with Crippen LogP contribution in [-0.4, -0.2) is 28.2 Å². The molecule has 19 heavy (non-hydrogen) atoms. The Morgan fingerprint density at radius 1 is 1.26 bits per heavy atom. The lowest BCUT2D eigenvalue weighted by atomic mass is 10.2. The van der Waals surface area contributed by atoms with Gasteiger partial charge in [0.2, 0.25) is 0 Å². The molecule has 2 aromatic rings. The fraction of sp³-hybridized carbons (Fsp3) is 0.333. The van der Waals surface area contributed by atoms with E-state index in [4.69, 9.17) is 5.73 Å². The minimum Gasteiger partial charge on any atom is -0.435 e. The summed E-state index contributed by atoms with van der Waals surface area (Å²) in [6, 6.07) is 6.20. The molecule has 102 valence electrons. The fourth-order valence-electron chi connectivity index (χ4n) is 1.60. The third-order valence-electron chi connectivity index (χ3n) is 2.50. The summed E-state index contributed by atoms with van der Waals surface area (Å²) in [5.41, 5.74) is 7.00. The first-order valence-electron chi connectivity index (χ1n) is 5.85. The van der Waals surface area contributed by atoms with Crippen LogP contribution >= 0.6 is 0 Å². The van der Waals surface area contributed by atoms with Gasteiger partial charge < -0.3 is 10.5 Å². The second kappa shape index (κ2) is 6.24. The van der Waals surface area contributed by atoms with Crippen LogP contribution in [0.3, 0.4) is 0 Å². The standard InChI is InChI=1S/C12H14F2N4O/c13-12(14)19-11-5-3-10(4-6-11)18-8-9(16-17-18)2-1-7-15/h3-6,8,12H,1-2,7,15H2. The Morgan fingerprint density at radius 2 is 2.00 bits per heavy atom. The minimum absolute atomic E-state index is 0.113. The molecule has 0 aliphatic rings. The van der Waals surface area contributed by atoms with Gasteiger partial charge in [-0.2, -0.15) is 8.78 Å². The van der Waals surface area contributed by atoms with Crippen molar-refractivity contribution in [2.75, 3.05) is 6.54 Å². The molecule has 1 aromatic carbocycles. The zero-order chi connectivity index (χ0) is 13.7. The summed E-state index contributed by atoms with van der Waals surface area (Å²) in [5, 5.41) is 7.97. The molecular formula is C12H14F2N4O. The number of nitrogens with two attached hydrogens (primary N) is 1. The zero-order valence-corrected chi connectivity index (χ0v) is 10.2. The van der Waals surface area contributed by atoms with Crippen molar-refractivity contribution in [3.63, 3.8) is 0 Å². The molecule has 0 unspecified atom stereocenters. The summed E-state index contributed by atoms with van der Waals surface area (Å²) in [6.45, 7) is -2.22. The summed E-state index contributed by atoms with van der Waals surface area (Å²) >= 11 is 0. The van der Waals surface area contributed by atoms with E-state index in [0.717, 1.165) is 24.2 Å². The second-order valence-corrected chi connectivity index (χ2v) is 3.92. The summed E-state index contributed by atoms with van der Waals surface area (Å²) in [5.74, 6) is 0.113. The maximum atomic E-state index is 12.0. The smallest absolute Gasteiger partial charge is 0.387 e. The SMILES string of the molecule is NCCCc1cn(-c2ccc(OC(F)F)cc2)nn1. The zero-order valence-electron chi connectivity index (χ0n) is 10.2. The van der Waals surface area contributed by atoms with E-state index in [2.05, 4.69) is 15.0 Å². The van der Waals surface area contributed by atoms with Crippen LogP contribution in [0.4, 0.5) is 8.78 Å². The number of alkyl halides is 2. The van der Waals surface area contributed by atoms with Gasteiger partial charge in [-0.3, -0.25) is 0 Å². The third kappa shape index (κ3) is 3.72. The highest BCUT2D eigenvalue weighted by Gasteiger charge is 2.06. The number of ether oxygens (including phenoxy) is 1. The van der Waals surface area contributed by atoms with Crippen molar-refractivity contribution in [3.05, 3.63) is 36.2 Å². The highest BCUT2D eigenvalue weighted by Crippen LogP contribution is 2.17. The van der Waals surface area contributed by atoms with E-state index in [1.165, 1.54) is 12.1 Å². The van der Waals surface area contributed by atoms with Crippen molar-refractivity contribution in [2.24, 2.45) is 5.73 Å². The van der Waals surface area contributed by atoms with Crippen LogP contribution in [0.2, 0.25) is 0 Å². The molecule has 0 spiro atoms. The summed E-state index contributed by atoms with van der Waals surface area (Å²) in [6.07, 6.45) is 3.40. The number of benzene rings is 1. The first kappa shape index (κ1) is 13.4. The number of aryl methyl sites for hydroxylation is 1. The lowest BCUT2D eigenvalue weighted by Gasteiger charge is -2.05. The monoisotopic (exact) mass is 268 g/mol. The van der Waals surface area contributed by atoms with Crippen LogP contribution in [0.15, 0.2) is 30.5 Å². The number of rotatable bonds is 6. The number of halogens is 2. The molecule has 2 rings (SSSR count). The van der Waals surface area contributed by atoms with Crippen LogP contribution in [0, 0.1) is 0 Å². The van der Waals surface area contributed by atoms with Gasteiger partial charge in [0.05, 0.1) is 17.6 Å². The van der Waals surface area contributed by atoms with Gasteiger partial charge in [-0.1, -0.05) is 5.21 Å². The number of hydrogen-bond donors (Lipinski definition) is 1. The third-order valence-corrected chi connectivity index (χ3v) is 2.50. The molecule has 7 heteroatoms. The molecule has 0 amide bonds. The first-order valence-corrected chi connectivity index (χ1v) is 5.85. The van der Waals surface area contributed by atoms with Crippen LogP contribution < -0.4 is 10.5 Å². The molecule has 0 aliphatic carbocycles. The fourth-order valence-corrected chi connectivity index (χ4v) is 1.60. The minimum atomic E-state index is -2.82. The van der Waals surface area contributed by atoms with E-state index in [1.54, 1.807) is 23.0 Å². The maximum absolute atomic E-state index is 12.0. The Labute approximate surface area is 109 Å². The van der Waals surface area contributed by atoms with Gasteiger partial charge in [-0.25, -0.2) is 4.68 Å². The van der Waals surface area contributed by atoms with Gasteiger partial charge in [-0.05, 0) is 43.7 Å². The summed E-state index contributed by atoms with van der Waals surface area (Å²) < 4.78 is 29.9. The largest absolute Gasteiger partial charge is 0.435 e. The predicted octanol–water partition coefficient (Wildman–Crippen LogP) is 1.76. The average Bonchev–Trinajstić information content (AvgIpc) is 2.85. The maximum Gasteiger partial charge on any atom is 0.387 e. The Bertz CT molecular complexity index is 513. The predicted molar refractivity (Wildman–Crippen MR) is 65.4 cm³/mol. The van der Waals surface area contributed by atoms with E-state index in [-0.39, 0.29) is 5.75 Å². The highest BCUT2D eigenvalue weighted by molar-refractivity contribution is 5.36. The molecule has 0 atom stereocenters. The Kier molecular flexibility index (Phi) is 4.40. The van der Waals surface area contributed by atoms with Gasteiger partial charge in [0.15, 0.2) is 0 Å². The molecule has 0 saturated carbocycles. The average molecular weight is 268 g/mol. The molecule has 1 heterocycles. The van der Waals surface area contributed by atoms with Crippen LogP contribution in [0.1, 0.15) is 12.1 Å². The van der Waals surface area contributed by atoms with E-state index in [9.17, 15) is 8.78 Å². The Morgan fingerprint density at radius 3 is 2.63 bits per heavy atom. The van der Waals surface area contributed by atoms with E-state index in [0.29, 0.717) is 6.54 Å². The number of hydrogen-bond acceptors (Lipinski definition) is 4. The molecule has 0 radical (unpaired) electrons. The Hall–Kier alpha value is -2.02. The van der Waals surface area contributed by atoms with Gasteiger partial charge in [-0.15, -0.1) is 5.10 Å². The van der Waals surface area contributed by atoms with Crippen molar-refractivity contribution < 1.29 is 13.5 Å². The van der Waals surface area contributed by atoms with E-state index >= 15 is 0 Å². The molecule has 1 aromatic heterocycles. The lowest BCUT2D eigenvalue weighted by molar-refractivity contribution is -0.0498. The molecule has 0 fully saturated rings. The molecule has 0 bridgehead atoms. The van der Waals surface area contributed by atoms with Crippen molar-refractivity contribution in [1.29, 1.82) is 0 Å². The van der Waals surface area contributed by atoms with Crippen molar-refractivity contribution in [1.82, 2.24) is 15.0 Å². The topological polar surface area (TPSA) is 66.0 Å². The van der Waals surface area contributed by atoms with Crippen molar-refractivity contribution >= 4 is 0 Å². The number of nitrogens with zero attached hydrogens (tertiary/aromatic N) is 3. The molecule has 5 nitrogen and oxygen atoms in total. The molecular weight excluding hydrogens is 254 g/mol. The van der Waals surface area contributed by atoms with Crippen molar-refractivity contribution in [2.45, 2.75) is 19.5 Å². The molecule has 0 aliphatic heterocycles. The molecule has 0 saturated heterocycles. The van der Waals surface area contributed by atoms with E-state index < -0.39 is 6.61 Å². The van der Waals surface area contributed by atoms with Gasteiger partial charge in [0.25, 0.3) is 0 Å². The van der Waals surface area contributed by atoms with Crippen LogP contribution in [0.25, 0.3) is 5.69 Å². The van der Waals surface area contributed by atoms with E-state index in [1.807, 2.05) is 0 Å².